The second-order valence-corrected chi connectivity index (χ2v) is 11.6. The first kappa shape index (κ1) is 30.7. The molecule has 0 fully saturated rings. The van der Waals surface area contributed by atoms with E-state index >= 15 is 0 Å². The number of carbonyl (C=O) groups excluding carboxylic acids is 2. The Morgan fingerprint density at radius 3 is 1.98 bits per heavy atom. The van der Waals surface area contributed by atoms with E-state index in [1.54, 1.807) is 56.3 Å². The molecule has 3 rings (SSSR count). The highest BCUT2D eigenvalue weighted by atomic mass is 32.2. The topological polar surface area (TPSA) is 86.8 Å². The Kier molecular flexibility index (Phi) is 9.97. The van der Waals surface area contributed by atoms with Crippen LogP contribution in [0.1, 0.15) is 30.5 Å². The number of alkyl halides is 3. The van der Waals surface area contributed by atoms with Gasteiger partial charge in [-0.15, -0.1) is 0 Å². The molecule has 214 valence electrons. The average Bonchev–Trinajstić information content (AvgIpc) is 2.89. The summed E-state index contributed by atoms with van der Waals surface area (Å²) in [5, 5.41) is 2.83. The summed E-state index contributed by atoms with van der Waals surface area (Å²) in [6.07, 6.45) is -3.76. The van der Waals surface area contributed by atoms with Crippen LogP contribution in [-0.4, -0.2) is 50.0 Å². The summed E-state index contributed by atoms with van der Waals surface area (Å²) in [4.78, 5) is 28.6. The lowest BCUT2D eigenvalue weighted by atomic mass is 10.0. The lowest BCUT2D eigenvalue weighted by molar-refractivity contribution is -0.140. The van der Waals surface area contributed by atoms with Crippen molar-refractivity contribution in [1.29, 1.82) is 0 Å². The Bertz CT molecular complexity index is 1400. The molecule has 1 unspecified atom stereocenters. The smallest absolute Gasteiger partial charge is 0.352 e. The SMILES string of the molecule is CC(C)NC(=O)C(Cc1ccccc1)N(Cc1ccccc1)C(=O)CN(c1cccc(C(F)(F)F)c1)S(C)(=O)=O. The van der Waals surface area contributed by atoms with E-state index in [1.807, 2.05) is 18.2 Å². The highest BCUT2D eigenvalue weighted by molar-refractivity contribution is 7.92. The van der Waals surface area contributed by atoms with E-state index in [-0.39, 0.29) is 24.7 Å². The van der Waals surface area contributed by atoms with Gasteiger partial charge in [0, 0.05) is 19.0 Å². The minimum atomic E-state index is -4.71. The number of rotatable bonds is 11. The summed E-state index contributed by atoms with van der Waals surface area (Å²) in [6, 6.07) is 20.4. The van der Waals surface area contributed by atoms with E-state index in [9.17, 15) is 31.2 Å². The highest BCUT2D eigenvalue weighted by Gasteiger charge is 2.35. The van der Waals surface area contributed by atoms with Gasteiger partial charge in [-0.05, 0) is 43.2 Å². The molecule has 3 aromatic carbocycles. The molecule has 0 radical (unpaired) electrons. The Labute approximate surface area is 232 Å². The normalized spacial score (nSPS) is 12.6. The zero-order valence-corrected chi connectivity index (χ0v) is 23.2. The first-order valence-electron chi connectivity index (χ1n) is 12.6. The van der Waals surface area contributed by atoms with E-state index in [0.717, 1.165) is 24.0 Å². The van der Waals surface area contributed by atoms with Gasteiger partial charge in [-0.25, -0.2) is 8.42 Å². The molecule has 11 heteroatoms. The summed E-state index contributed by atoms with van der Waals surface area (Å²) in [5.74, 6) is -1.18. The van der Waals surface area contributed by atoms with Crippen molar-refractivity contribution in [2.45, 2.75) is 45.1 Å². The first-order valence-corrected chi connectivity index (χ1v) is 14.4. The summed E-state index contributed by atoms with van der Waals surface area (Å²) in [5.41, 5.74) is 0.105. The number of sulfonamides is 1. The van der Waals surface area contributed by atoms with Gasteiger partial charge < -0.3 is 10.2 Å². The molecule has 2 amide bonds. The van der Waals surface area contributed by atoms with Gasteiger partial charge in [0.1, 0.15) is 12.6 Å². The number of nitrogens with one attached hydrogen (secondary N) is 1. The number of halogens is 3. The zero-order valence-electron chi connectivity index (χ0n) is 22.4. The van der Waals surface area contributed by atoms with Gasteiger partial charge in [0.25, 0.3) is 0 Å². The molecule has 1 atom stereocenters. The van der Waals surface area contributed by atoms with Crippen LogP contribution >= 0.6 is 0 Å². The second-order valence-electron chi connectivity index (χ2n) is 9.69. The maximum absolute atomic E-state index is 13.9. The van der Waals surface area contributed by atoms with Crippen LogP contribution in [0.5, 0.6) is 0 Å². The zero-order chi connectivity index (χ0) is 29.5. The van der Waals surface area contributed by atoms with E-state index in [4.69, 9.17) is 0 Å². The Morgan fingerprint density at radius 1 is 0.875 bits per heavy atom. The predicted molar refractivity (Wildman–Crippen MR) is 148 cm³/mol. The van der Waals surface area contributed by atoms with Gasteiger partial charge in [-0.2, -0.15) is 13.2 Å². The highest BCUT2D eigenvalue weighted by Crippen LogP contribution is 2.32. The molecule has 0 aromatic heterocycles. The predicted octanol–water partition coefficient (Wildman–Crippen LogP) is 4.64. The molecule has 0 heterocycles. The van der Waals surface area contributed by atoms with Crippen molar-refractivity contribution in [3.8, 4) is 0 Å². The fourth-order valence-corrected chi connectivity index (χ4v) is 5.01. The lowest BCUT2D eigenvalue weighted by Crippen LogP contribution is -2.54. The maximum Gasteiger partial charge on any atom is 0.416 e. The molecule has 7 nitrogen and oxygen atoms in total. The first-order chi connectivity index (χ1) is 18.8. The number of hydrogen-bond donors (Lipinski definition) is 1. The average molecular weight is 576 g/mol. The Morgan fingerprint density at radius 2 is 1.45 bits per heavy atom. The molecular weight excluding hydrogens is 543 g/mol. The summed E-state index contributed by atoms with van der Waals surface area (Å²) < 4.78 is 66.3. The summed E-state index contributed by atoms with van der Waals surface area (Å²) in [7, 11) is -4.19. The van der Waals surface area contributed by atoms with Gasteiger partial charge in [-0.3, -0.25) is 13.9 Å². The van der Waals surface area contributed by atoms with Gasteiger partial charge >= 0.3 is 6.18 Å². The van der Waals surface area contributed by atoms with Crippen molar-refractivity contribution in [1.82, 2.24) is 10.2 Å². The molecule has 40 heavy (non-hydrogen) atoms. The van der Waals surface area contributed by atoms with Crippen LogP contribution < -0.4 is 9.62 Å². The number of carbonyl (C=O) groups is 2. The maximum atomic E-state index is 13.9. The number of benzene rings is 3. The molecular formula is C29H32F3N3O4S. The van der Waals surface area contributed by atoms with Crippen LogP contribution in [-0.2, 0) is 38.8 Å². The molecule has 0 aliphatic carbocycles. The molecule has 0 bridgehead atoms. The van der Waals surface area contributed by atoms with Crippen LogP contribution in [0.25, 0.3) is 0 Å². The molecule has 0 saturated carbocycles. The van der Waals surface area contributed by atoms with Crippen molar-refractivity contribution >= 4 is 27.5 Å². The Balaban J connectivity index is 2.06. The molecule has 1 N–H and O–H groups in total. The summed E-state index contributed by atoms with van der Waals surface area (Å²) >= 11 is 0. The van der Waals surface area contributed by atoms with E-state index < -0.39 is 46.2 Å². The molecule has 0 aliphatic heterocycles. The van der Waals surface area contributed by atoms with Crippen LogP contribution in [0, 0.1) is 0 Å². The monoisotopic (exact) mass is 575 g/mol. The van der Waals surface area contributed by atoms with Crippen LogP contribution in [0.15, 0.2) is 84.9 Å². The van der Waals surface area contributed by atoms with Crippen molar-refractivity contribution in [3.05, 3.63) is 102 Å². The van der Waals surface area contributed by atoms with Crippen LogP contribution in [0.3, 0.4) is 0 Å². The summed E-state index contributed by atoms with van der Waals surface area (Å²) in [6.45, 7) is 2.73. The van der Waals surface area contributed by atoms with Crippen molar-refractivity contribution in [2.24, 2.45) is 0 Å². The van der Waals surface area contributed by atoms with Gasteiger partial charge in [0.15, 0.2) is 0 Å². The fourth-order valence-electron chi connectivity index (χ4n) is 4.17. The van der Waals surface area contributed by atoms with E-state index in [0.29, 0.717) is 15.9 Å². The van der Waals surface area contributed by atoms with Crippen LogP contribution in [0.4, 0.5) is 18.9 Å². The third-order valence-corrected chi connectivity index (χ3v) is 7.18. The number of amides is 2. The number of nitrogens with zero attached hydrogens (tertiary/aromatic N) is 2. The Hall–Kier alpha value is -3.86. The largest absolute Gasteiger partial charge is 0.416 e. The van der Waals surface area contributed by atoms with Crippen LogP contribution in [0.2, 0.25) is 0 Å². The van der Waals surface area contributed by atoms with Gasteiger partial charge in [-0.1, -0.05) is 66.7 Å². The molecule has 0 saturated heterocycles. The molecule has 3 aromatic rings. The third-order valence-electron chi connectivity index (χ3n) is 6.04. The fraction of sp³-hybridized carbons (Fsp3) is 0.310. The second kappa shape index (κ2) is 13.0. The minimum Gasteiger partial charge on any atom is -0.352 e. The molecule has 0 aliphatic rings. The lowest BCUT2D eigenvalue weighted by Gasteiger charge is -2.34. The standard InChI is InChI=1S/C29H32F3N3O4S/c1-21(2)33-28(37)26(17-22-11-6-4-7-12-22)34(19-23-13-8-5-9-14-23)27(36)20-35(40(3,38)39)25-16-10-15-24(18-25)29(30,31)32/h4-16,18,21,26H,17,19-20H2,1-3H3,(H,33,37). The van der Waals surface area contributed by atoms with E-state index in [1.165, 1.54) is 11.0 Å². The van der Waals surface area contributed by atoms with Gasteiger partial charge in [0.05, 0.1) is 17.5 Å². The van der Waals surface area contributed by atoms with Gasteiger partial charge in [0.2, 0.25) is 21.8 Å². The van der Waals surface area contributed by atoms with Crippen molar-refractivity contribution in [2.75, 3.05) is 17.1 Å². The number of hydrogen-bond acceptors (Lipinski definition) is 4. The number of anilines is 1. The quantitative estimate of drug-likeness (QED) is 0.361. The van der Waals surface area contributed by atoms with Crippen molar-refractivity contribution < 1.29 is 31.2 Å². The third kappa shape index (κ3) is 8.57. The minimum absolute atomic E-state index is 0.0249. The van der Waals surface area contributed by atoms with E-state index in [2.05, 4.69) is 5.32 Å². The van der Waals surface area contributed by atoms with Crippen molar-refractivity contribution in [3.63, 3.8) is 0 Å². The molecule has 0 spiro atoms.